The first kappa shape index (κ1) is 16.9. The molecule has 2 aromatic carbocycles. The molecule has 1 N–H and O–H groups in total. The Labute approximate surface area is 148 Å². The summed E-state index contributed by atoms with van der Waals surface area (Å²) >= 11 is 6.06. The van der Waals surface area contributed by atoms with Gasteiger partial charge in [-0.25, -0.2) is 4.79 Å². The second-order valence-electron chi connectivity index (χ2n) is 5.54. The van der Waals surface area contributed by atoms with E-state index in [1.165, 1.54) is 0 Å². The summed E-state index contributed by atoms with van der Waals surface area (Å²) in [5.41, 5.74) is 2.02. The molecular weight excluding hydrogens is 342 g/mol. The Kier molecular flexibility index (Phi) is 4.95. The highest BCUT2D eigenvalue weighted by molar-refractivity contribution is 6.32. The van der Waals surface area contributed by atoms with Gasteiger partial charge < -0.3 is 5.32 Å². The molecule has 7 nitrogen and oxygen atoms in total. The SMILES string of the molecule is Cc1ccc(CNC(=O)Cn2nnn(-c3ccccc3Cl)c2=O)cc1. The highest BCUT2D eigenvalue weighted by atomic mass is 35.5. The number of tetrazole rings is 1. The lowest BCUT2D eigenvalue weighted by molar-refractivity contribution is -0.122. The van der Waals surface area contributed by atoms with E-state index in [0.29, 0.717) is 17.3 Å². The van der Waals surface area contributed by atoms with Crippen molar-refractivity contribution in [2.24, 2.45) is 0 Å². The summed E-state index contributed by atoms with van der Waals surface area (Å²) in [6.45, 7) is 2.17. The Bertz CT molecular complexity index is 946. The number of carbonyl (C=O) groups excluding carboxylic acids is 1. The van der Waals surface area contributed by atoms with E-state index in [-0.39, 0.29) is 12.5 Å². The number of halogens is 1. The van der Waals surface area contributed by atoms with Crippen LogP contribution in [0.4, 0.5) is 0 Å². The van der Waals surface area contributed by atoms with Crippen LogP contribution in [0.1, 0.15) is 11.1 Å². The Balaban J connectivity index is 1.67. The monoisotopic (exact) mass is 357 g/mol. The van der Waals surface area contributed by atoms with Crippen molar-refractivity contribution < 1.29 is 4.79 Å². The van der Waals surface area contributed by atoms with E-state index in [9.17, 15) is 9.59 Å². The molecule has 0 fully saturated rings. The number of rotatable bonds is 5. The summed E-state index contributed by atoms with van der Waals surface area (Å²) in [6.07, 6.45) is 0. The Morgan fingerprint density at radius 3 is 2.56 bits per heavy atom. The zero-order valence-corrected chi connectivity index (χ0v) is 14.3. The van der Waals surface area contributed by atoms with Gasteiger partial charge in [-0.15, -0.1) is 0 Å². The summed E-state index contributed by atoms with van der Waals surface area (Å²) in [4.78, 5) is 24.4. The fourth-order valence-corrected chi connectivity index (χ4v) is 2.46. The first-order valence-electron chi connectivity index (χ1n) is 7.64. The number of aromatic nitrogens is 4. The number of aryl methyl sites for hydroxylation is 1. The first-order chi connectivity index (χ1) is 12.0. The number of benzene rings is 2. The van der Waals surface area contributed by atoms with Crippen molar-refractivity contribution in [2.45, 2.75) is 20.0 Å². The molecule has 0 radical (unpaired) electrons. The molecule has 0 spiro atoms. The molecule has 1 heterocycles. The van der Waals surface area contributed by atoms with Crippen molar-refractivity contribution in [3.8, 4) is 5.69 Å². The molecular formula is C17H16ClN5O2. The minimum Gasteiger partial charge on any atom is -0.350 e. The highest BCUT2D eigenvalue weighted by Gasteiger charge is 2.13. The first-order valence-corrected chi connectivity index (χ1v) is 8.02. The summed E-state index contributed by atoms with van der Waals surface area (Å²) in [5.74, 6) is -0.325. The van der Waals surface area contributed by atoms with Gasteiger partial charge in [-0.1, -0.05) is 53.6 Å². The third kappa shape index (κ3) is 3.95. The maximum Gasteiger partial charge on any atom is 0.369 e. The van der Waals surface area contributed by atoms with Crippen LogP contribution in [-0.2, 0) is 17.9 Å². The summed E-state index contributed by atoms with van der Waals surface area (Å²) in [7, 11) is 0. The second-order valence-corrected chi connectivity index (χ2v) is 5.95. The van der Waals surface area contributed by atoms with Crippen LogP contribution in [-0.4, -0.2) is 25.7 Å². The molecule has 25 heavy (non-hydrogen) atoms. The van der Waals surface area contributed by atoms with Crippen molar-refractivity contribution in [2.75, 3.05) is 0 Å². The molecule has 0 unspecified atom stereocenters. The van der Waals surface area contributed by atoms with Crippen molar-refractivity contribution in [1.82, 2.24) is 25.1 Å². The summed E-state index contributed by atoms with van der Waals surface area (Å²) < 4.78 is 2.06. The number of amides is 1. The van der Waals surface area contributed by atoms with Gasteiger partial charge in [0.05, 0.1) is 10.7 Å². The van der Waals surface area contributed by atoms with Gasteiger partial charge in [-0.05, 0) is 35.0 Å². The fourth-order valence-electron chi connectivity index (χ4n) is 2.25. The molecule has 0 saturated heterocycles. The quantitative estimate of drug-likeness (QED) is 0.753. The standard InChI is InChI=1S/C17H16ClN5O2/c1-12-6-8-13(9-7-12)10-19-16(24)11-22-17(25)23(21-20-22)15-5-3-2-4-14(15)18/h2-9H,10-11H2,1H3,(H,19,24). The number of hydrogen-bond donors (Lipinski definition) is 1. The average molecular weight is 358 g/mol. The topological polar surface area (TPSA) is 81.8 Å². The van der Waals surface area contributed by atoms with Crippen LogP contribution in [0.25, 0.3) is 5.69 Å². The maximum absolute atomic E-state index is 12.3. The molecule has 0 aliphatic heterocycles. The molecule has 3 rings (SSSR count). The third-order valence-corrected chi connectivity index (χ3v) is 3.94. The average Bonchev–Trinajstić information content (AvgIpc) is 2.95. The highest BCUT2D eigenvalue weighted by Crippen LogP contribution is 2.16. The predicted octanol–water partition coefficient (Wildman–Crippen LogP) is 1.71. The van der Waals surface area contributed by atoms with E-state index in [1.54, 1.807) is 24.3 Å². The van der Waals surface area contributed by atoms with Crippen LogP contribution >= 0.6 is 11.6 Å². The molecule has 0 aliphatic carbocycles. The zero-order valence-electron chi connectivity index (χ0n) is 13.5. The van der Waals surface area contributed by atoms with E-state index >= 15 is 0 Å². The van der Waals surface area contributed by atoms with Gasteiger partial charge in [0.1, 0.15) is 6.54 Å². The van der Waals surface area contributed by atoms with E-state index in [4.69, 9.17) is 11.6 Å². The van der Waals surface area contributed by atoms with E-state index in [0.717, 1.165) is 20.5 Å². The Morgan fingerprint density at radius 1 is 1.12 bits per heavy atom. The molecule has 0 bridgehead atoms. The molecule has 8 heteroatoms. The number of hydrogen-bond acceptors (Lipinski definition) is 4. The van der Waals surface area contributed by atoms with Crippen molar-refractivity contribution in [3.63, 3.8) is 0 Å². The lowest BCUT2D eigenvalue weighted by atomic mass is 10.1. The lowest BCUT2D eigenvalue weighted by Gasteiger charge is -2.05. The number of nitrogens with one attached hydrogen (secondary N) is 1. The van der Waals surface area contributed by atoms with E-state index in [1.807, 2.05) is 31.2 Å². The lowest BCUT2D eigenvalue weighted by Crippen LogP contribution is -2.33. The van der Waals surface area contributed by atoms with Crippen LogP contribution in [0.15, 0.2) is 53.3 Å². The van der Waals surface area contributed by atoms with Crippen molar-refractivity contribution in [1.29, 1.82) is 0 Å². The second kappa shape index (κ2) is 7.31. The zero-order chi connectivity index (χ0) is 17.8. The van der Waals surface area contributed by atoms with E-state index < -0.39 is 5.69 Å². The minimum atomic E-state index is -0.529. The summed E-state index contributed by atoms with van der Waals surface area (Å²) in [5, 5.41) is 10.6. The van der Waals surface area contributed by atoms with Gasteiger partial charge in [-0.3, -0.25) is 4.79 Å². The Hall–Kier alpha value is -2.93. The van der Waals surface area contributed by atoms with Gasteiger partial charge in [-0.2, -0.15) is 9.36 Å². The van der Waals surface area contributed by atoms with Crippen molar-refractivity contribution in [3.05, 3.63) is 75.2 Å². The smallest absolute Gasteiger partial charge is 0.350 e. The van der Waals surface area contributed by atoms with Crippen LogP contribution in [0.5, 0.6) is 0 Å². The third-order valence-electron chi connectivity index (χ3n) is 3.62. The van der Waals surface area contributed by atoms with Gasteiger partial charge in [0, 0.05) is 6.54 Å². The van der Waals surface area contributed by atoms with Gasteiger partial charge in [0.2, 0.25) is 5.91 Å². The van der Waals surface area contributed by atoms with Gasteiger partial charge in [0.15, 0.2) is 0 Å². The van der Waals surface area contributed by atoms with Crippen LogP contribution in [0.3, 0.4) is 0 Å². The molecule has 1 aromatic heterocycles. The van der Waals surface area contributed by atoms with Gasteiger partial charge in [0.25, 0.3) is 0 Å². The van der Waals surface area contributed by atoms with Crippen LogP contribution in [0.2, 0.25) is 5.02 Å². The fraction of sp³-hybridized carbons (Fsp3) is 0.176. The normalized spacial score (nSPS) is 10.6. The van der Waals surface area contributed by atoms with E-state index in [2.05, 4.69) is 15.7 Å². The van der Waals surface area contributed by atoms with Crippen molar-refractivity contribution >= 4 is 17.5 Å². The summed E-state index contributed by atoms with van der Waals surface area (Å²) in [6, 6.07) is 14.6. The predicted molar refractivity (Wildman–Crippen MR) is 93.7 cm³/mol. The molecule has 3 aromatic rings. The molecule has 0 saturated carbocycles. The number of carbonyl (C=O) groups is 1. The number of para-hydroxylation sites is 1. The largest absolute Gasteiger partial charge is 0.369 e. The van der Waals surface area contributed by atoms with Gasteiger partial charge >= 0.3 is 5.69 Å². The minimum absolute atomic E-state index is 0.213. The molecule has 1 amide bonds. The molecule has 0 atom stereocenters. The number of nitrogens with zero attached hydrogens (tertiary/aromatic N) is 4. The molecule has 0 aliphatic rings. The van der Waals surface area contributed by atoms with Crippen LogP contribution < -0.4 is 11.0 Å². The maximum atomic E-state index is 12.3. The van der Waals surface area contributed by atoms with Crippen LogP contribution in [0, 0.1) is 6.92 Å². The molecule has 128 valence electrons. The Morgan fingerprint density at radius 2 is 1.84 bits per heavy atom.